The second-order valence-electron chi connectivity index (χ2n) is 7.93. The maximum Gasteiger partial charge on any atom is 0.243 e. The third-order valence-corrected chi connectivity index (χ3v) is 7.90. The van der Waals surface area contributed by atoms with Gasteiger partial charge in [0.25, 0.3) is 0 Å². The van der Waals surface area contributed by atoms with Gasteiger partial charge in [0.2, 0.25) is 10.0 Å². The van der Waals surface area contributed by atoms with Crippen LogP contribution in [0.2, 0.25) is 0 Å². The number of rotatable bonds is 4. The van der Waals surface area contributed by atoms with Crippen molar-refractivity contribution in [1.29, 1.82) is 0 Å². The van der Waals surface area contributed by atoms with Crippen molar-refractivity contribution in [1.82, 2.24) is 19.2 Å². The summed E-state index contributed by atoms with van der Waals surface area (Å²) in [6.07, 6.45) is 3.62. The molecule has 2 bridgehead atoms. The molecule has 28 heavy (non-hydrogen) atoms. The van der Waals surface area contributed by atoms with Gasteiger partial charge in [-0.15, -0.1) is 0 Å². The zero-order chi connectivity index (χ0) is 19.1. The first-order valence-corrected chi connectivity index (χ1v) is 11.2. The van der Waals surface area contributed by atoms with Crippen LogP contribution in [-0.4, -0.2) is 53.3 Å². The van der Waals surface area contributed by atoms with E-state index in [2.05, 4.69) is 39.1 Å². The highest BCUT2D eigenvalue weighted by molar-refractivity contribution is 7.89. The average Bonchev–Trinajstić information content (AvgIpc) is 3.00. The molecule has 3 aliphatic rings. The zero-order valence-corrected chi connectivity index (χ0v) is 16.5. The lowest BCUT2D eigenvalue weighted by Crippen LogP contribution is -2.47. The molecule has 1 aromatic heterocycles. The molecule has 2 aromatic carbocycles. The maximum absolute atomic E-state index is 13.4. The number of hydrogen-bond acceptors (Lipinski definition) is 4. The number of nitrogens with zero attached hydrogens (tertiary/aromatic N) is 3. The Hall–Kier alpha value is -2.22. The standard InChI is InChI=1S/C21H24N4O2S/c26-28(27,19-8-9-20-21(10-19)23-15-22-20)25-13-17-6-7-18(25)14-24(12-17)11-16-4-2-1-3-5-16/h1-5,8-10,15,17-18H,6-7,11-14H2,(H,22,23)/t17-,18+/m1/s1. The number of sulfonamides is 1. The second kappa shape index (κ2) is 6.99. The van der Waals surface area contributed by atoms with Gasteiger partial charge in [-0.1, -0.05) is 30.3 Å². The fraction of sp³-hybridized carbons (Fsp3) is 0.381. The lowest BCUT2D eigenvalue weighted by Gasteiger charge is -2.35. The van der Waals surface area contributed by atoms with Crippen molar-refractivity contribution in [3.8, 4) is 0 Å². The molecule has 0 spiro atoms. The lowest BCUT2D eigenvalue weighted by atomic mass is 9.97. The Morgan fingerprint density at radius 2 is 1.89 bits per heavy atom. The SMILES string of the molecule is O=S(=O)(c1ccc2nc[nH]c2c1)N1C[C@@H]2CC[C@H]1CN(Cc1ccccc1)C2. The van der Waals surface area contributed by atoms with Crippen LogP contribution < -0.4 is 0 Å². The highest BCUT2D eigenvalue weighted by Gasteiger charge is 2.41. The van der Waals surface area contributed by atoms with Crippen LogP contribution in [0.25, 0.3) is 11.0 Å². The second-order valence-corrected chi connectivity index (χ2v) is 9.82. The number of piperidine rings is 1. The molecule has 3 fully saturated rings. The highest BCUT2D eigenvalue weighted by Crippen LogP contribution is 2.33. The minimum Gasteiger partial charge on any atom is -0.345 e. The Labute approximate surface area is 165 Å². The quantitative estimate of drug-likeness (QED) is 0.736. The summed E-state index contributed by atoms with van der Waals surface area (Å²) < 4.78 is 28.6. The van der Waals surface area contributed by atoms with Crippen LogP contribution >= 0.6 is 0 Å². The van der Waals surface area contributed by atoms with Crippen molar-refractivity contribution in [2.24, 2.45) is 5.92 Å². The minimum atomic E-state index is -3.52. The van der Waals surface area contributed by atoms with E-state index in [1.54, 1.807) is 28.8 Å². The summed E-state index contributed by atoms with van der Waals surface area (Å²) in [4.78, 5) is 9.98. The number of aromatic nitrogens is 2. The van der Waals surface area contributed by atoms with Crippen LogP contribution in [0.5, 0.6) is 0 Å². The van der Waals surface area contributed by atoms with Crippen LogP contribution in [0.4, 0.5) is 0 Å². The molecule has 0 saturated carbocycles. The monoisotopic (exact) mass is 396 g/mol. The van der Waals surface area contributed by atoms with Gasteiger partial charge in [0, 0.05) is 32.2 Å². The van der Waals surface area contributed by atoms with Gasteiger partial charge in [0.05, 0.1) is 22.3 Å². The zero-order valence-electron chi connectivity index (χ0n) is 15.7. The number of benzene rings is 2. The molecular weight excluding hydrogens is 372 g/mol. The van der Waals surface area contributed by atoms with Gasteiger partial charge >= 0.3 is 0 Å². The van der Waals surface area contributed by atoms with Crippen molar-refractivity contribution in [3.05, 3.63) is 60.4 Å². The van der Waals surface area contributed by atoms with Crippen LogP contribution in [-0.2, 0) is 16.6 Å². The van der Waals surface area contributed by atoms with Gasteiger partial charge in [-0.2, -0.15) is 4.31 Å². The van der Waals surface area contributed by atoms with Crippen LogP contribution in [0, 0.1) is 5.92 Å². The maximum atomic E-state index is 13.4. The molecule has 4 heterocycles. The lowest BCUT2D eigenvalue weighted by molar-refractivity contribution is 0.226. The van der Waals surface area contributed by atoms with E-state index in [0.717, 1.165) is 43.5 Å². The highest BCUT2D eigenvalue weighted by atomic mass is 32.2. The summed E-state index contributed by atoms with van der Waals surface area (Å²) in [5, 5.41) is 0. The van der Waals surface area contributed by atoms with E-state index in [1.165, 1.54) is 5.56 Å². The molecule has 3 saturated heterocycles. The van der Waals surface area contributed by atoms with E-state index < -0.39 is 10.0 Å². The molecule has 0 radical (unpaired) electrons. The number of imidazole rings is 1. The summed E-state index contributed by atoms with van der Waals surface area (Å²) in [5.74, 6) is 0.383. The third-order valence-electron chi connectivity index (χ3n) is 5.99. The molecule has 3 aliphatic heterocycles. The third kappa shape index (κ3) is 3.23. The normalized spacial score (nSPS) is 23.9. The fourth-order valence-electron chi connectivity index (χ4n) is 4.61. The Morgan fingerprint density at radius 3 is 2.75 bits per heavy atom. The Kier molecular flexibility index (Phi) is 4.45. The Balaban J connectivity index is 1.41. The van der Waals surface area contributed by atoms with Crippen molar-refractivity contribution < 1.29 is 8.42 Å². The molecule has 0 aliphatic carbocycles. The molecule has 2 atom stereocenters. The number of hydrogen-bond donors (Lipinski definition) is 1. The summed E-state index contributed by atoms with van der Waals surface area (Å²) >= 11 is 0. The van der Waals surface area contributed by atoms with Crippen molar-refractivity contribution >= 4 is 21.1 Å². The van der Waals surface area contributed by atoms with E-state index in [-0.39, 0.29) is 6.04 Å². The van der Waals surface area contributed by atoms with Crippen molar-refractivity contribution in [2.75, 3.05) is 19.6 Å². The van der Waals surface area contributed by atoms with Gasteiger partial charge in [0.15, 0.2) is 0 Å². The molecule has 3 aromatic rings. The van der Waals surface area contributed by atoms with Crippen LogP contribution in [0.1, 0.15) is 18.4 Å². The predicted octanol–water partition coefficient (Wildman–Crippen LogP) is 2.85. The molecule has 7 heteroatoms. The Bertz CT molecular complexity index is 1080. The number of aromatic amines is 1. The predicted molar refractivity (Wildman–Crippen MR) is 108 cm³/mol. The molecule has 1 N–H and O–H groups in total. The van der Waals surface area contributed by atoms with Gasteiger partial charge in [-0.3, -0.25) is 4.90 Å². The van der Waals surface area contributed by atoms with Crippen LogP contribution in [0.3, 0.4) is 0 Å². The van der Waals surface area contributed by atoms with E-state index >= 15 is 0 Å². The number of nitrogens with one attached hydrogen (secondary N) is 1. The molecule has 0 amide bonds. The molecule has 146 valence electrons. The van der Waals surface area contributed by atoms with Crippen molar-refractivity contribution in [2.45, 2.75) is 30.3 Å². The summed E-state index contributed by atoms with van der Waals surface area (Å²) in [6, 6.07) is 15.6. The molecule has 0 unspecified atom stereocenters. The first-order chi connectivity index (χ1) is 13.6. The van der Waals surface area contributed by atoms with Crippen molar-refractivity contribution in [3.63, 3.8) is 0 Å². The van der Waals surface area contributed by atoms with E-state index in [1.807, 2.05) is 6.07 Å². The molecule has 6 nitrogen and oxygen atoms in total. The number of fused-ring (bicyclic) bond motifs is 5. The van der Waals surface area contributed by atoms with Gasteiger partial charge in [0.1, 0.15) is 0 Å². The first-order valence-electron chi connectivity index (χ1n) is 9.81. The largest absolute Gasteiger partial charge is 0.345 e. The van der Waals surface area contributed by atoms with Gasteiger partial charge in [-0.25, -0.2) is 13.4 Å². The fourth-order valence-corrected chi connectivity index (χ4v) is 6.36. The van der Waals surface area contributed by atoms with Gasteiger partial charge in [-0.05, 0) is 42.5 Å². The van der Waals surface area contributed by atoms with E-state index in [9.17, 15) is 8.42 Å². The summed E-state index contributed by atoms with van der Waals surface area (Å²) in [6.45, 7) is 3.23. The smallest absolute Gasteiger partial charge is 0.243 e. The van der Waals surface area contributed by atoms with Gasteiger partial charge < -0.3 is 4.98 Å². The Morgan fingerprint density at radius 1 is 1.04 bits per heavy atom. The average molecular weight is 397 g/mol. The first kappa shape index (κ1) is 17.8. The molecule has 6 rings (SSSR count). The van der Waals surface area contributed by atoms with E-state index in [0.29, 0.717) is 17.4 Å². The topological polar surface area (TPSA) is 69.3 Å². The van der Waals surface area contributed by atoms with E-state index in [4.69, 9.17) is 0 Å². The number of H-pyrrole nitrogens is 1. The summed E-state index contributed by atoms with van der Waals surface area (Å²) in [5.41, 5.74) is 2.82. The van der Waals surface area contributed by atoms with Crippen LogP contribution in [0.15, 0.2) is 59.8 Å². The summed E-state index contributed by atoms with van der Waals surface area (Å²) in [7, 11) is -3.52. The minimum absolute atomic E-state index is 0.0323. The molecular formula is C21H24N4O2S.